The van der Waals surface area contributed by atoms with E-state index in [1.807, 2.05) is 18.2 Å². The molecule has 0 fully saturated rings. The molecule has 0 bridgehead atoms. The molecule has 1 aliphatic rings. The predicted octanol–water partition coefficient (Wildman–Crippen LogP) is 6.62. The summed E-state index contributed by atoms with van der Waals surface area (Å²) in [5.74, 6) is -3.22. The van der Waals surface area contributed by atoms with E-state index >= 15 is 0 Å². The van der Waals surface area contributed by atoms with E-state index in [0.29, 0.717) is 47.7 Å². The topological polar surface area (TPSA) is 200 Å². The second-order valence-electron chi connectivity index (χ2n) is 11.8. The minimum atomic E-state index is -5.08. The van der Waals surface area contributed by atoms with Gasteiger partial charge < -0.3 is 25.6 Å². The highest BCUT2D eigenvalue weighted by Crippen LogP contribution is 2.39. The van der Waals surface area contributed by atoms with Gasteiger partial charge in [-0.15, -0.1) is 0 Å². The van der Waals surface area contributed by atoms with Crippen molar-refractivity contribution < 1.29 is 50.9 Å². The number of aliphatic carboxylic acids is 1. The van der Waals surface area contributed by atoms with Crippen LogP contribution in [0.5, 0.6) is 11.5 Å². The van der Waals surface area contributed by atoms with E-state index in [-0.39, 0.29) is 27.9 Å². The number of hydrogen-bond acceptors (Lipinski definition) is 7. The maximum Gasteiger partial charge on any atom is 0.490 e. The molecule has 0 saturated heterocycles. The molecule has 0 atom stereocenters. The Morgan fingerprint density at radius 2 is 1.55 bits per heavy atom. The Morgan fingerprint density at radius 1 is 0.868 bits per heavy atom. The largest absolute Gasteiger partial charge is 0.490 e. The van der Waals surface area contributed by atoms with Crippen LogP contribution in [-0.2, 0) is 32.6 Å². The fourth-order valence-electron chi connectivity index (χ4n) is 5.56. The molecule has 6 rings (SSSR count). The molecule has 53 heavy (non-hydrogen) atoms. The number of alkyl halides is 3. The van der Waals surface area contributed by atoms with Crippen molar-refractivity contribution in [3.63, 3.8) is 0 Å². The van der Waals surface area contributed by atoms with Crippen molar-refractivity contribution in [3.05, 3.63) is 119 Å². The van der Waals surface area contributed by atoms with Crippen LogP contribution in [0.15, 0.2) is 102 Å². The Bertz CT molecular complexity index is 2380. The van der Waals surface area contributed by atoms with Crippen molar-refractivity contribution in [1.82, 2.24) is 4.90 Å². The number of aromatic carboxylic acids is 1. The molecule has 1 heterocycles. The van der Waals surface area contributed by atoms with E-state index in [0.717, 1.165) is 21.9 Å². The normalized spacial score (nSPS) is 12.6. The van der Waals surface area contributed by atoms with Crippen molar-refractivity contribution in [2.24, 2.45) is 5.73 Å². The van der Waals surface area contributed by atoms with Gasteiger partial charge in [-0.05, 0) is 88.5 Å². The minimum Gasteiger partial charge on any atom is -0.478 e. The summed E-state index contributed by atoms with van der Waals surface area (Å²) in [6, 6.07) is 26.8. The highest BCUT2D eigenvalue weighted by Gasteiger charge is 2.38. The van der Waals surface area contributed by atoms with Gasteiger partial charge in [-0.2, -0.15) is 13.2 Å². The molecule has 6 N–H and O–H groups in total. The number of nitrogens with one attached hydrogen (secondary N) is 2. The van der Waals surface area contributed by atoms with Gasteiger partial charge in [0.05, 0.1) is 10.5 Å². The Hall–Kier alpha value is -6.42. The lowest BCUT2D eigenvalue weighted by atomic mass is 9.98. The molecule has 274 valence electrons. The van der Waals surface area contributed by atoms with E-state index in [1.54, 1.807) is 77.7 Å². The van der Waals surface area contributed by atoms with Crippen LogP contribution in [0.2, 0.25) is 0 Å². The van der Waals surface area contributed by atoms with Gasteiger partial charge >= 0.3 is 18.1 Å². The molecule has 5 aromatic rings. The Morgan fingerprint density at radius 3 is 2.21 bits per heavy atom. The van der Waals surface area contributed by atoms with Crippen molar-refractivity contribution in [1.29, 1.82) is 5.41 Å². The van der Waals surface area contributed by atoms with Gasteiger partial charge in [0.1, 0.15) is 17.3 Å². The number of hydrogen-bond donors (Lipinski definition) is 5. The summed E-state index contributed by atoms with van der Waals surface area (Å²) in [6.07, 6.45) is -4.44. The molecule has 0 unspecified atom stereocenters. The number of halogens is 3. The number of amidine groups is 1. The zero-order valence-corrected chi connectivity index (χ0v) is 28.6. The number of amides is 1. The summed E-state index contributed by atoms with van der Waals surface area (Å²) in [7, 11) is -4.05. The number of carboxylic acids is 2. The standard InChI is InChI=1S/C35H30N4O6S.C2HF3O2/c1-21(40)39-15-14-22-9-12-29(18-26(22)20-39)46(43,44)38-27-10-13-33(32(19-27)30-4-2-3-5-31(30)35(41)42)45-28-11-8-23-16-25(34(36)37)7-6-24(23)17-28;3-2(4,5)1(6)7/h2-13,16-19,38H,14-15,20H2,1H3,(H3,36,37)(H,41,42);(H,6,7). The summed E-state index contributed by atoms with van der Waals surface area (Å²) >= 11 is 0. The van der Waals surface area contributed by atoms with Gasteiger partial charge in [0.15, 0.2) is 0 Å². The monoisotopic (exact) mass is 748 g/mol. The van der Waals surface area contributed by atoms with Crippen LogP contribution in [0.4, 0.5) is 18.9 Å². The third kappa shape index (κ3) is 8.91. The first-order valence-electron chi connectivity index (χ1n) is 15.7. The van der Waals surface area contributed by atoms with Crippen LogP contribution >= 0.6 is 0 Å². The van der Waals surface area contributed by atoms with Crippen molar-refractivity contribution in [2.75, 3.05) is 11.3 Å². The summed E-state index contributed by atoms with van der Waals surface area (Å²) in [6.45, 7) is 2.41. The number of anilines is 1. The summed E-state index contributed by atoms with van der Waals surface area (Å²) in [4.78, 5) is 34.7. The number of carbonyl (C=O) groups excluding carboxylic acids is 1. The van der Waals surface area contributed by atoms with Crippen LogP contribution in [0, 0.1) is 5.41 Å². The molecular weight excluding hydrogens is 717 g/mol. The zero-order valence-electron chi connectivity index (χ0n) is 27.8. The van der Waals surface area contributed by atoms with Gasteiger partial charge in [-0.3, -0.25) is 14.9 Å². The highest BCUT2D eigenvalue weighted by atomic mass is 32.2. The number of ether oxygens (including phenoxy) is 1. The lowest BCUT2D eigenvalue weighted by Crippen LogP contribution is -2.34. The van der Waals surface area contributed by atoms with Gasteiger partial charge in [0.2, 0.25) is 5.91 Å². The van der Waals surface area contributed by atoms with E-state index in [9.17, 15) is 36.3 Å². The maximum atomic E-state index is 13.6. The number of fused-ring (bicyclic) bond motifs is 2. The first kappa shape index (κ1) is 37.8. The molecule has 12 nitrogen and oxygen atoms in total. The van der Waals surface area contributed by atoms with Crippen LogP contribution in [0.3, 0.4) is 0 Å². The van der Waals surface area contributed by atoms with E-state index in [4.69, 9.17) is 25.8 Å². The molecule has 1 aliphatic heterocycles. The number of sulfonamides is 1. The summed E-state index contributed by atoms with van der Waals surface area (Å²) < 4.78 is 67.7. The number of benzene rings is 5. The molecule has 0 aliphatic carbocycles. The van der Waals surface area contributed by atoms with Gasteiger partial charge in [-0.25, -0.2) is 18.0 Å². The Labute approximate surface area is 300 Å². The van der Waals surface area contributed by atoms with E-state index in [1.165, 1.54) is 13.0 Å². The number of nitrogens with zero attached hydrogens (tertiary/aromatic N) is 1. The smallest absolute Gasteiger partial charge is 0.478 e. The number of carboxylic acid groups (broad SMARTS) is 2. The lowest BCUT2D eigenvalue weighted by molar-refractivity contribution is -0.192. The lowest BCUT2D eigenvalue weighted by Gasteiger charge is -2.28. The molecule has 0 spiro atoms. The average Bonchev–Trinajstić information content (AvgIpc) is 3.11. The number of carbonyl (C=O) groups is 3. The van der Waals surface area contributed by atoms with E-state index < -0.39 is 28.1 Å². The minimum absolute atomic E-state index is 0.0207. The number of nitrogen functional groups attached to an aromatic ring is 1. The van der Waals surface area contributed by atoms with Crippen LogP contribution in [0.25, 0.3) is 21.9 Å². The summed E-state index contributed by atoms with van der Waals surface area (Å²) in [5.41, 5.74) is 8.94. The van der Waals surface area contributed by atoms with Crippen molar-refractivity contribution >= 4 is 50.2 Å². The molecule has 0 aromatic heterocycles. The zero-order chi connectivity index (χ0) is 38.7. The number of nitrogens with two attached hydrogens (primary N) is 1. The van der Waals surface area contributed by atoms with Crippen molar-refractivity contribution in [3.8, 4) is 22.6 Å². The second-order valence-corrected chi connectivity index (χ2v) is 13.5. The van der Waals surface area contributed by atoms with Gasteiger partial charge in [0.25, 0.3) is 10.0 Å². The van der Waals surface area contributed by atoms with E-state index in [2.05, 4.69) is 4.72 Å². The molecule has 0 radical (unpaired) electrons. The first-order chi connectivity index (χ1) is 24.9. The second kappa shape index (κ2) is 15.1. The van der Waals surface area contributed by atoms with Crippen LogP contribution in [-0.4, -0.2) is 59.9 Å². The van der Waals surface area contributed by atoms with Gasteiger partial charge in [-0.1, -0.05) is 42.5 Å². The maximum absolute atomic E-state index is 13.6. The third-order valence-electron chi connectivity index (χ3n) is 8.22. The molecule has 5 aromatic carbocycles. The fraction of sp³-hybridized carbons (Fsp3) is 0.135. The third-order valence-corrected chi connectivity index (χ3v) is 9.60. The van der Waals surface area contributed by atoms with Crippen LogP contribution in [0.1, 0.15) is 34.0 Å². The number of rotatable bonds is 8. The van der Waals surface area contributed by atoms with Crippen LogP contribution < -0.4 is 15.2 Å². The van der Waals surface area contributed by atoms with Crippen molar-refractivity contribution in [2.45, 2.75) is 31.0 Å². The first-order valence-corrected chi connectivity index (χ1v) is 17.1. The molecule has 16 heteroatoms. The highest BCUT2D eigenvalue weighted by molar-refractivity contribution is 7.92. The quantitative estimate of drug-likeness (QED) is 0.0855. The molecule has 0 saturated carbocycles. The Kier molecular flexibility index (Phi) is 10.7. The predicted molar refractivity (Wildman–Crippen MR) is 190 cm³/mol. The average molecular weight is 749 g/mol. The Balaban J connectivity index is 0.000000705. The summed E-state index contributed by atoms with van der Waals surface area (Å²) in [5, 5.41) is 26.5. The fourth-order valence-corrected chi connectivity index (χ4v) is 6.66. The SMILES string of the molecule is CC(=O)N1CCc2ccc(S(=O)(=O)Nc3ccc(Oc4ccc5cc(C(=N)N)ccc5c4)c(-c4ccccc4C(=O)O)c3)cc2C1.O=C(O)C(F)(F)F. The molecule has 1 amide bonds. The molecular formula is C37H31F3N4O8S. The van der Waals surface area contributed by atoms with Gasteiger partial charge in [0, 0.05) is 36.8 Å².